The first kappa shape index (κ1) is 96.9. The lowest BCUT2D eigenvalue weighted by molar-refractivity contribution is 0.102. The van der Waals surface area contributed by atoms with Gasteiger partial charge in [0, 0.05) is 167 Å². The molecule has 22 aromatic rings. The van der Waals surface area contributed by atoms with E-state index in [-0.39, 0.29) is 23.6 Å². The minimum Gasteiger partial charge on any atom is -0.451 e. The van der Waals surface area contributed by atoms with Crippen LogP contribution in [-0.4, -0.2) is 144 Å². The van der Waals surface area contributed by atoms with Crippen molar-refractivity contribution in [2.75, 3.05) is 38.4 Å². The molecule has 2 aliphatic rings. The summed E-state index contributed by atoms with van der Waals surface area (Å²) in [5, 5.41) is 48.2. The van der Waals surface area contributed by atoms with Crippen molar-refractivity contribution in [3.63, 3.8) is 0 Å². The fourth-order valence-corrected chi connectivity index (χ4v) is 17.8. The zero-order valence-corrected chi connectivity index (χ0v) is 83.4. The van der Waals surface area contributed by atoms with Gasteiger partial charge in [0.15, 0.2) is 40.3 Å². The Kier molecular flexibility index (Phi) is 28.8. The standard InChI is InChI=1S/2C19H17N5O.C19H16N4OS.C18H15N5OS.C18H17N5O.C17H15N5O/c2*1-12-10-13(2)24-18(22-12)16(11-21-24)19(25)23-15-7-5-14(6-8-15)17-4-3-9-20-17;1-12-10-13(2)23-18(21-12)16(11-20-23)19(24)22-15-7-5-14(6-8-15)17-4-3-9-25-17;1-11-7-12(2)23-17(21-11)15(8-20-23)18(24)22-14-5-3-13(4-6-14)16-9-25-10-19-16;1-12-7-13(2)23-18(22-12)15(9-21-23)8-19-16-5-3-14(4-6-16)17-10-24-11-20-17;1-12-6-8-22-16(21-12)14(11-20-22)10-19-15-4-2-13(3-5-15)17-18-7-9-23-17/h3,5-11H,4H2,1-2H3,(H,23,25);3-8,10-11H,9H2,1-2H3,(H,23,25);3-11H,1-2H3,(H,22,24);3-10H,1-2H3,(H,22,24);3-7,9-11,19H,8H2,1-2H3;2-9,11,19H,10H2,1H3. The van der Waals surface area contributed by atoms with Gasteiger partial charge in [0.05, 0.1) is 72.6 Å². The number of allylic oxidation sites excluding steroid dienone is 2. The molecular weight excluding hydrogens is 1890 g/mol. The maximum Gasteiger partial charge on any atom is 0.261 e. The third-order valence-electron chi connectivity index (χ3n) is 23.7. The highest BCUT2D eigenvalue weighted by Gasteiger charge is 2.23. The van der Waals surface area contributed by atoms with E-state index in [0.29, 0.717) is 69.5 Å². The van der Waals surface area contributed by atoms with Crippen molar-refractivity contribution in [1.82, 2.24) is 103 Å². The number of aromatic nitrogens is 21. The van der Waals surface area contributed by atoms with Gasteiger partial charge in [-0.15, -0.1) is 22.7 Å². The third kappa shape index (κ3) is 22.7. The van der Waals surface area contributed by atoms with Crippen molar-refractivity contribution in [2.24, 2.45) is 9.98 Å². The van der Waals surface area contributed by atoms with Crippen LogP contribution >= 0.6 is 22.7 Å². The molecule has 0 aliphatic carbocycles. The maximum atomic E-state index is 12.6. The van der Waals surface area contributed by atoms with E-state index in [4.69, 9.17) is 8.83 Å². The predicted molar refractivity (Wildman–Crippen MR) is 571 cm³/mol. The van der Waals surface area contributed by atoms with E-state index in [9.17, 15) is 19.2 Å². The third-order valence-corrected chi connectivity index (χ3v) is 25.2. The van der Waals surface area contributed by atoms with E-state index >= 15 is 0 Å². The van der Waals surface area contributed by atoms with Gasteiger partial charge >= 0.3 is 0 Å². The first-order chi connectivity index (χ1) is 71.5. The summed E-state index contributed by atoms with van der Waals surface area (Å²) in [7, 11) is 0. The highest BCUT2D eigenvalue weighted by Crippen LogP contribution is 2.31. The summed E-state index contributed by atoms with van der Waals surface area (Å²) in [6.07, 6.45) is 26.8. The second-order valence-corrected chi connectivity index (χ2v) is 36.3. The summed E-state index contributed by atoms with van der Waals surface area (Å²) in [6, 6.07) is 62.6. The summed E-state index contributed by atoms with van der Waals surface area (Å²) in [6.45, 7) is 23.5. The average Bonchev–Trinajstić information content (AvgIpc) is 1.67. The number of anilines is 6. The molecule has 0 fully saturated rings. The number of fused-ring (bicyclic) bond motifs is 6. The Morgan fingerprint density at radius 3 is 1.22 bits per heavy atom. The molecule has 24 rings (SSSR count). The summed E-state index contributed by atoms with van der Waals surface area (Å²) in [5.74, 6) is -0.261. The average molecular weight is 1990 g/mol. The van der Waals surface area contributed by atoms with E-state index in [1.165, 1.54) is 11.3 Å². The van der Waals surface area contributed by atoms with Crippen LogP contribution in [0.15, 0.2) is 322 Å². The SMILES string of the molecule is Cc1cc(C)n2ncc(C(=O)Nc3ccc(-c4cccs4)cc3)c2n1.Cc1cc(C)n2ncc(C(=O)Nc3ccc(-c4cscn4)cc3)c2n1.Cc1cc(C)n2ncc(C(=O)Nc3ccc(C4=NC=CC4)cc3)c2n1.Cc1cc(C)n2ncc(C(=O)Nc3ccc(C4=NCC=C4)cc3)c2n1.Cc1cc(C)n2ncc(CNc3ccc(-c4cocn4)cc3)c2n1.Cc1ccn2ncc(CNc3ccc(-c4ncco4)cc3)c2n1. The summed E-state index contributed by atoms with van der Waals surface area (Å²) >= 11 is 3.25. The summed E-state index contributed by atoms with van der Waals surface area (Å²) < 4.78 is 20.7. The Morgan fingerprint density at radius 1 is 0.395 bits per heavy atom. The Hall–Kier alpha value is -18.9. The van der Waals surface area contributed by atoms with Crippen molar-refractivity contribution >= 4 is 126 Å². The van der Waals surface area contributed by atoms with Gasteiger partial charge in [0.1, 0.15) is 40.5 Å². The topological polar surface area (TPSA) is 411 Å². The molecule has 0 spiro atoms. The number of rotatable bonds is 20. The van der Waals surface area contributed by atoms with Crippen molar-refractivity contribution in [3.05, 3.63) is 410 Å². The normalized spacial score (nSPS) is 11.8. The molecule has 0 saturated heterocycles. The van der Waals surface area contributed by atoms with Crippen molar-refractivity contribution in [1.29, 1.82) is 0 Å². The van der Waals surface area contributed by atoms with Crippen LogP contribution < -0.4 is 31.9 Å². The van der Waals surface area contributed by atoms with Crippen LogP contribution in [0.5, 0.6) is 0 Å². The molecule has 6 N–H and O–H groups in total. The van der Waals surface area contributed by atoms with E-state index in [0.717, 1.165) is 183 Å². The number of carbonyl (C=O) groups excluding carboxylic acids is 4. The van der Waals surface area contributed by atoms with E-state index in [1.807, 2.05) is 323 Å². The Labute approximate surface area is 849 Å². The van der Waals surface area contributed by atoms with Gasteiger partial charge in [-0.1, -0.05) is 78.9 Å². The molecule has 2 aliphatic heterocycles. The molecule has 730 valence electrons. The summed E-state index contributed by atoms with van der Waals surface area (Å²) in [4.78, 5) is 99.8. The van der Waals surface area contributed by atoms with Gasteiger partial charge in [-0.05, 0) is 232 Å². The van der Waals surface area contributed by atoms with Gasteiger partial charge < -0.3 is 40.7 Å². The molecule has 35 nitrogen and oxygen atoms in total. The lowest BCUT2D eigenvalue weighted by Crippen LogP contribution is -2.12. The molecule has 0 saturated carbocycles. The van der Waals surface area contributed by atoms with E-state index < -0.39 is 0 Å². The first-order valence-electron chi connectivity index (χ1n) is 46.8. The number of aliphatic imine (C=N–C) groups is 2. The molecule has 16 aromatic heterocycles. The zero-order valence-electron chi connectivity index (χ0n) is 81.7. The van der Waals surface area contributed by atoms with E-state index in [1.54, 1.807) is 94.3 Å². The molecule has 0 unspecified atom stereocenters. The first-order valence-corrected chi connectivity index (χ1v) is 48.7. The molecule has 147 heavy (non-hydrogen) atoms. The second-order valence-electron chi connectivity index (χ2n) is 34.6. The van der Waals surface area contributed by atoms with Crippen molar-refractivity contribution in [3.8, 4) is 44.4 Å². The molecule has 4 amide bonds. The quantitative estimate of drug-likeness (QED) is 0.0413. The minimum atomic E-state index is -0.228. The second kappa shape index (κ2) is 43.7. The van der Waals surface area contributed by atoms with Crippen molar-refractivity contribution in [2.45, 2.75) is 95.7 Å². The number of hydrogen-bond acceptors (Lipinski definition) is 27. The number of aryl methyl sites for hydroxylation is 11. The fraction of sp³-hybridized carbons (Fsp3) is 0.136. The van der Waals surface area contributed by atoms with Crippen LogP contribution in [0.1, 0.15) is 133 Å². The Morgan fingerprint density at radius 2 is 0.810 bits per heavy atom. The number of amides is 4. The molecule has 6 aromatic carbocycles. The van der Waals surface area contributed by atoms with Crippen LogP contribution in [0.4, 0.5) is 34.1 Å². The number of oxazole rings is 2. The fourth-order valence-electron chi connectivity index (χ4n) is 16.5. The van der Waals surface area contributed by atoms with Gasteiger partial charge in [-0.2, -0.15) is 30.6 Å². The van der Waals surface area contributed by atoms with Crippen LogP contribution in [0.2, 0.25) is 0 Å². The van der Waals surface area contributed by atoms with Gasteiger partial charge in [0.25, 0.3) is 23.6 Å². The molecule has 0 radical (unpaired) electrons. The zero-order chi connectivity index (χ0) is 102. The number of nitrogens with zero attached hydrogens (tertiary/aromatic N) is 23. The molecule has 18 heterocycles. The predicted octanol–water partition coefficient (Wildman–Crippen LogP) is 21.2. The maximum absolute atomic E-state index is 12.6. The van der Waals surface area contributed by atoms with Gasteiger partial charge in [-0.25, -0.2) is 71.9 Å². The number of nitrogens with one attached hydrogen (secondary N) is 6. The summed E-state index contributed by atoms with van der Waals surface area (Å²) in [5.41, 5.74) is 35.0. The molecular formula is C110H97N29O6S2. The largest absolute Gasteiger partial charge is 0.451 e. The van der Waals surface area contributed by atoms with Crippen LogP contribution in [-0.2, 0) is 13.1 Å². The smallest absolute Gasteiger partial charge is 0.261 e. The Bertz CT molecular complexity index is 8490. The molecule has 37 heteroatoms. The Balaban J connectivity index is 0.000000111. The highest BCUT2D eigenvalue weighted by molar-refractivity contribution is 7.13. The number of thiazole rings is 1. The molecule has 0 bridgehead atoms. The molecule has 0 atom stereocenters. The lowest BCUT2D eigenvalue weighted by atomic mass is 10.1. The monoisotopic (exact) mass is 1980 g/mol. The van der Waals surface area contributed by atoms with Crippen LogP contribution in [0.25, 0.3) is 78.3 Å². The van der Waals surface area contributed by atoms with Crippen LogP contribution in [0, 0.1) is 76.2 Å². The van der Waals surface area contributed by atoms with Crippen molar-refractivity contribution < 1.29 is 28.0 Å². The van der Waals surface area contributed by atoms with Gasteiger partial charge in [0.2, 0.25) is 5.89 Å². The van der Waals surface area contributed by atoms with Crippen LogP contribution in [0.3, 0.4) is 0 Å². The number of carbonyl (C=O) groups is 4. The number of thiophene rings is 1. The number of hydrogen-bond donors (Lipinski definition) is 6. The van der Waals surface area contributed by atoms with E-state index in [2.05, 4.69) is 123 Å². The number of benzene rings is 6. The lowest BCUT2D eigenvalue weighted by Gasteiger charge is -2.07. The van der Waals surface area contributed by atoms with Gasteiger partial charge in [-0.3, -0.25) is 29.2 Å². The minimum absolute atomic E-state index is 0.212. The highest BCUT2D eigenvalue weighted by atomic mass is 32.1.